The topological polar surface area (TPSA) is 140 Å². The molecule has 2 aromatic heterocycles. The number of alkyl halides is 2. The third kappa shape index (κ3) is 10.3. The number of pyridine rings is 1. The molecule has 3 aliphatic heterocycles. The van der Waals surface area contributed by atoms with Crippen molar-refractivity contribution in [3.8, 4) is 17.2 Å². The molecule has 3 atom stereocenters. The Labute approximate surface area is 337 Å². The largest absolute Gasteiger partial charge is 0.870 e. The van der Waals surface area contributed by atoms with Gasteiger partial charge in [0.05, 0.1) is 13.7 Å². The number of piperidine rings is 3. The molecule has 0 spiro atoms. The number of methoxy groups -OCH3 is 1. The summed E-state index contributed by atoms with van der Waals surface area (Å²) >= 11 is 14.2. The van der Waals surface area contributed by atoms with Gasteiger partial charge in [0.25, 0.3) is 0 Å². The van der Waals surface area contributed by atoms with Gasteiger partial charge in [-0.1, -0.05) is 47.5 Å². The number of nitrogens with zero attached hydrogens (tertiary/aromatic N) is 1. The number of para-hydroxylation sites is 1. The molecule has 1 saturated carbocycles. The predicted molar refractivity (Wildman–Crippen MR) is 204 cm³/mol. The van der Waals surface area contributed by atoms with Crippen LogP contribution in [0.1, 0.15) is 69.1 Å². The Morgan fingerprint density at radius 2 is 1.73 bits per heavy atom. The highest BCUT2D eigenvalue weighted by Gasteiger charge is 2.38. The van der Waals surface area contributed by atoms with Gasteiger partial charge in [0.2, 0.25) is 0 Å². The monoisotopic (exact) mass is 833 g/mol. The summed E-state index contributed by atoms with van der Waals surface area (Å²) < 4.78 is 55.1. The molecule has 3 saturated heterocycles. The average Bonchev–Trinajstić information content (AvgIpc) is 3.90. The van der Waals surface area contributed by atoms with Crippen LogP contribution >= 0.6 is 34.5 Å². The molecule has 1 aliphatic carbocycles. The quantitative estimate of drug-likeness (QED) is 0.105. The van der Waals surface area contributed by atoms with Gasteiger partial charge in [0.1, 0.15) is 38.9 Å². The second-order valence-corrected chi connectivity index (χ2v) is 16.0. The highest BCUT2D eigenvalue weighted by atomic mass is 35.5. The number of fused-ring (bicyclic) bond motifs is 3. The van der Waals surface area contributed by atoms with E-state index in [0.717, 1.165) is 50.2 Å². The van der Waals surface area contributed by atoms with Crippen LogP contribution in [0.15, 0.2) is 67.0 Å². The van der Waals surface area contributed by atoms with Crippen LogP contribution in [0.25, 0.3) is 0 Å². The van der Waals surface area contributed by atoms with Crippen molar-refractivity contribution in [2.75, 3.05) is 33.4 Å². The molecule has 5 heterocycles. The fraction of sp³-hybridized carbons (Fsp3) is 0.425. The van der Waals surface area contributed by atoms with Crippen LogP contribution in [0.4, 0.5) is 8.78 Å². The molecule has 1 unspecified atom stereocenters. The number of H-pyrrole nitrogens is 1. The summed E-state index contributed by atoms with van der Waals surface area (Å²) in [5.41, 5.74) is 1.65. The number of halogens is 4. The van der Waals surface area contributed by atoms with Crippen LogP contribution in [0.5, 0.6) is 17.2 Å². The molecule has 3 N–H and O–H groups in total. The van der Waals surface area contributed by atoms with E-state index in [1.165, 1.54) is 17.4 Å². The van der Waals surface area contributed by atoms with E-state index in [2.05, 4.69) is 15.2 Å². The first-order chi connectivity index (χ1) is 26.6. The Morgan fingerprint density at radius 3 is 2.41 bits per heavy atom. The summed E-state index contributed by atoms with van der Waals surface area (Å²) in [4.78, 5) is 33.9. The molecule has 16 heteroatoms. The lowest BCUT2D eigenvalue weighted by Crippen LogP contribution is -2.52. The molecule has 2 aromatic carbocycles. The van der Waals surface area contributed by atoms with Crippen LogP contribution < -0.4 is 24.5 Å². The standard InChI is InChI=1S/C40H41Cl2F2N3O7S.H2O/c1-50-31-5-3-2-4-27(31)37(39(49)53-35-21-47-14-12-24(35)13-15-47)46-18-26-9-11-36(55-26)38(48)52-33(17-28-29(41)19-45-20-30(28)42)25-8-10-32(54-40(43)44)34(16-25)51-22-23-6-7-23;/h2-5,8-11,16,19-20,23-24,33,35,37,40,46H,6-7,12-15,17-18,21-22H2,1H3;1H2/t33-,35-,37?;/m0./s1. The van der Waals surface area contributed by atoms with Crippen molar-refractivity contribution in [2.24, 2.45) is 11.8 Å². The fourth-order valence-electron chi connectivity index (χ4n) is 7.07. The summed E-state index contributed by atoms with van der Waals surface area (Å²) in [6.07, 6.45) is 6.12. The summed E-state index contributed by atoms with van der Waals surface area (Å²) in [7, 11) is 1.56. The molecule has 56 heavy (non-hydrogen) atoms. The summed E-state index contributed by atoms with van der Waals surface area (Å²) in [5, 5.41) is 4.01. The summed E-state index contributed by atoms with van der Waals surface area (Å²) in [6.45, 7) is 0.336. The van der Waals surface area contributed by atoms with Crippen molar-refractivity contribution in [3.05, 3.63) is 103 Å². The third-order valence-electron chi connectivity index (χ3n) is 10.3. The Balaban J connectivity index is 0.00000532. The predicted octanol–water partition coefficient (Wildman–Crippen LogP) is 7.70. The number of hydrogen-bond acceptors (Lipinski definition) is 11. The van der Waals surface area contributed by atoms with Crippen molar-refractivity contribution in [2.45, 2.75) is 63.5 Å². The van der Waals surface area contributed by atoms with Gasteiger partial charge in [-0.25, -0.2) is 14.6 Å². The number of ether oxygens (including phenoxy) is 5. The molecule has 11 nitrogen and oxygen atoms in total. The zero-order valence-corrected chi connectivity index (χ0v) is 32.9. The van der Waals surface area contributed by atoms with Crippen molar-refractivity contribution in [1.29, 1.82) is 0 Å². The van der Waals surface area contributed by atoms with Crippen molar-refractivity contribution in [3.63, 3.8) is 0 Å². The van der Waals surface area contributed by atoms with E-state index in [9.17, 15) is 18.4 Å². The minimum atomic E-state index is -3.05. The average molecular weight is 835 g/mol. The fourth-order valence-corrected chi connectivity index (χ4v) is 8.44. The molecule has 2 bridgehead atoms. The zero-order chi connectivity index (χ0) is 38.5. The number of carbonyl (C=O) groups is 2. The van der Waals surface area contributed by atoms with Crippen molar-refractivity contribution in [1.82, 2.24) is 10.2 Å². The van der Waals surface area contributed by atoms with Crippen LogP contribution in [-0.4, -0.2) is 68.4 Å². The number of benzene rings is 2. The minimum absolute atomic E-state index is 0. The SMILES string of the molecule is COc1ccccc1C(NCc1ccc(C(=O)O[C@@H](Cc2c(Cl)c[nH+]cc2Cl)c2ccc(OC(F)F)c(OCC3CC3)c2)s1)C(=O)O[C@H]1CN2CCC1CC2.[OH-]. The lowest BCUT2D eigenvalue weighted by molar-refractivity contribution is -0.377. The van der Waals surface area contributed by atoms with Gasteiger partial charge < -0.3 is 29.2 Å². The molecule has 4 aliphatic rings. The molecular weight excluding hydrogens is 791 g/mol. The molecule has 4 aromatic rings. The molecule has 0 radical (unpaired) electrons. The van der Waals surface area contributed by atoms with E-state index in [1.807, 2.05) is 18.2 Å². The van der Waals surface area contributed by atoms with Crippen LogP contribution in [0, 0.1) is 11.8 Å². The number of thiophene rings is 1. The Kier molecular flexibility index (Phi) is 14.1. The van der Waals surface area contributed by atoms with Gasteiger partial charge in [0, 0.05) is 35.5 Å². The minimum Gasteiger partial charge on any atom is -0.870 e. The van der Waals surface area contributed by atoms with Gasteiger partial charge in [0.15, 0.2) is 23.9 Å². The van der Waals surface area contributed by atoms with E-state index in [4.69, 9.17) is 46.9 Å². The van der Waals surface area contributed by atoms with Gasteiger partial charge in [-0.3, -0.25) is 10.2 Å². The zero-order valence-electron chi connectivity index (χ0n) is 30.6. The van der Waals surface area contributed by atoms with Crippen LogP contribution in [0.3, 0.4) is 0 Å². The first kappa shape index (κ1) is 41.6. The first-order valence-electron chi connectivity index (χ1n) is 18.3. The number of hydrogen-bond donors (Lipinski definition) is 1. The van der Waals surface area contributed by atoms with E-state index in [1.54, 1.807) is 49.8 Å². The molecule has 300 valence electrons. The van der Waals surface area contributed by atoms with Crippen molar-refractivity contribution < 1.29 is 52.5 Å². The Bertz CT molecular complexity index is 1960. The smallest absolute Gasteiger partial charge is 0.387 e. The maximum absolute atomic E-state index is 13.8. The number of aromatic amines is 1. The highest BCUT2D eigenvalue weighted by molar-refractivity contribution is 7.13. The van der Waals surface area contributed by atoms with E-state index < -0.39 is 24.7 Å². The normalized spacial score (nSPS) is 19.8. The number of aromatic nitrogens is 1. The third-order valence-corrected chi connectivity index (χ3v) is 12.0. The lowest BCUT2D eigenvalue weighted by atomic mass is 9.86. The molecule has 8 rings (SSSR count). The molecule has 0 amide bonds. The molecule has 4 fully saturated rings. The second-order valence-electron chi connectivity index (χ2n) is 14.0. The van der Waals surface area contributed by atoms with Crippen LogP contribution in [0.2, 0.25) is 10.0 Å². The van der Waals surface area contributed by atoms with Gasteiger partial charge in [-0.15, -0.1) is 11.3 Å². The number of carbonyl (C=O) groups excluding carboxylic acids is 2. The first-order valence-corrected chi connectivity index (χ1v) is 19.9. The summed E-state index contributed by atoms with van der Waals surface area (Å²) in [6, 6.07) is 14.4. The van der Waals surface area contributed by atoms with Crippen LogP contribution in [-0.2, 0) is 27.2 Å². The molecular formula is C40H43Cl2F2N3O8S. The van der Waals surface area contributed by atoms with E-state index in [-0.39, 0.29) is 42.0 Å². The summed E-state index contributed by atoms with van der Waals surface area (Å²) in [5.74, 6) is 0.239. The maximum atomic E-state index is 13.8. The second kappa shape index (κ2) is 18.9. The van der Waals surface area contributed by atoms with Crippen molar-refractivity contribution >= 4 is 46.5 Å². The highest BCUT2D eigenvalue weighted by Crippen LogP contribution is 2.39. The maximum Gasteiger partial charge on any atom is 0.387 e. The van der Waals surface area contributed by atoms with E-state index >= 15 is 0 Å². The van der Waals surface area contributed by atoms with Gasteiger partial charge in [-0.05, 0) is 86.5 Å². The van der Waals surface area contributed by atoms with Gasteiger partial charge >= 0.3 is 18.6 Å². The van der Waals surface area contributed by atoms with E-state index in [0.29, 0.717) is 55.8 Å². The lowest BCUT2D eigenvalue weighted by Gasteiger charge is -2.44. The number of rotatable bonds is 17. The number of esters is 2. The number of nitrogens with one attached hydrogen (secondary N) is 2. The Hall–Kier alpha value is -4.05. The Morgan fingerprint density at radius 1 is 0.982 bits per heavy atom. The van der Waals surface area contributed by atoms with Gasteiger partial charge in [-0.2, -0.15) is 8.78 Å².